The van der Waals surface area contributed by atoms with Gasteiger partial charge in [0.2, 0.25) is 11.8 Å². The van der Waals surface area contributed by atoms with E-state index in [1.54, 1.807) is 19.1 Å². The summed E-state index contributed by atoms with van der Waals surface area (Å²) in [5, 5.41) is 5.26. The van der Waals surface area contributed by atoms with Gasteiger partial charge in [-0.05, 0) is 25.5 Å². The third kappa shape index (κ3) is 5.86. The molecule has 0 aliphatic carbocycles. The molecule has 0 saturated carbocycles. The van der Waals surface area contributed by atoms with Crippen molar-refractivity contribution >= 4 is 35.3 Å². The highest BCUT2D eigenvalue weighted by atomic mass is 16.6. The van der Waals surface area contributed by atoms with Gasteiger partial charge in [0, 0.05) is 24.2 Å². The fraction of sp³-hybridized carbons (Fsp3) is 0.435. The van der Waals surface area contributed by atoms with Crippen LogP contribution in [-0.4, -0.2) is 80.1 Å². The Labute approximate surface area is 196 Å². The number of carbonyl (C=O) groups excluding carboxylic acids is 5. The van der Waals surface area contributed by atoms with Crippen LogP contribution in [0.1, 0.15) is 40.5 Å². The molecule has 1 atom stereocenters. The molecule has 0 spiro atoms. The largest absolute Gasteiger partial charge is 0.460 e. The summed E-state index contributed by atoms with van der Waals surface area (Å²) in [6, 6.07) is 3.85. The number of hydrogen-bond acceptors (Lipinski definition) is 9. The second-order valence-electron chi connectivity index (χ2n) is 7.74. The highest BCUT2D eigenvalue weighted by Gasteiger charge is 2.45. The van der Waals surface area contributed by atoms with Gasteiger partial charge in [0.05, 0.1) is 37.6 Å². The number of ether oxygens (including phenoxy) is 3. The molecule has 0 bridgehead atoms. The first kappa shape index (κ1) is 25.1. The topological polar surface area (TPSA) is 140 Å². The van der Waals surface area contributed by atoms with Crippen LogP contribution in [0, 0.1) is 0 Å². The van der Waals surface area contributed by atoms with Gasteiger partial charge in [0.1, 0.15) is 12.6 Å². The number of esters is 1. The van der Waals surface area contributed by atoms with Gasteiger partial charge < -0.3 is 19.5 Å². The predicted molar refractivity (Wildman–Crippen MR) is 119 cm³/mol. The molecule has 1 saturated heterocycles. The van der Waals surface area contributed by atoms with Crippen molar-refractivity contribution in [3.8, 4) is 0 Å². The van der Waals surface area contributed by atoms with Crippen LogP contribution in [0.5, 0.6) is 0 Å². The Morgan fingerprint density at radius 2 is 1.79 bits per heavy atom. The minimum Gasteiger partial charge on any atom is -0.460 e. The molecule has 2 aliphatic rings. The second kappa shape index (κ2) is 11.5. The highest BCUT2D eigenvalue weighted by Crippen LogP contribution is 2.32. The van der Waals surface area contributed by atoms with E-state index in [0.717, 1.165) is 4.90 Å². The lowest BCUT2D eigenvalue weighted by molar-refractivity contribution is -0.140. The van der Waals surface area contributed by atoms with Crippen molar-refractivity contribution in [3.63, 3.8) is 0 Å². The van der Waals surface area contributed by atoms with Crippen LogP contribution in [0.2, 0.25) is 0 Å². The maximum atomic E-state index is 13.0. The van der Waals surface area contributed by atoms with E-state index < -0.39 is 35.6 Å². The van der Waals surface area contributed by atoms with E-state index in [9.17, 15) is 24.0 Å². The van der Waals surface area contributed by atoms with Crippen LogP contribution in [-0.2, 0) is 28.6 Å². The summed E-state index contributed by atoms with van der Waals surface area (Å²) in [6.45, 7) is 6.76. The molecule has 182 valence electrons. The smallest absolute Gasteiger partial charge is 0.333 e. The summed E-state index contributed by atoms with van der Waals surface area (Å²) < 4.78 is 15.7. The molecule has 11 heteroatoms. The number of benzene rings is 1. The third-order valence-electron chi connectivity index (χ3n) is 5.21. The average molecular weight is 473 g/mol. The standard InChI is InChI=1S/C23H27N3O8/c1-14(2)23(31)34-13-12-33-11-10-32-9-8-24-16-5-3-4-15-19(16)22(30)26(21(15)29)17-6-7-18(27)25-20(17)28/h3-5,17,24H,1,6-13H2,2H3,(H,25,27,28). The van der Waals surface area contributed by atoms with Crippen molar-refractivity contribution in [3.05, 3.63) is 41.5 Å². The van der Waals surface area contributed by atoms with Crippen molar-refractivity contribution in [2.45, 2.75) is 25.8 Å². The van der Waals surface area contributed by atoms with Crippen LogP contribution in [0.15, 0.2) is 30.4 Å². The van der Waals surface area contributed by atoms with Crippen molar-refractivity contribution in [1.29, 1.82) is 0 Å². The van der Waals surface area contributed by atoms with E-state index in [1.807, 2.05) is 0 Å². The number of anilines is 1. The summed E-state index contributed by atoms with van der Waals surface area (Å²) in [7, 11) is 0. The number of carbonyl (C=O) groups is 5. The monoisotopic (exact) mass is 473 g/mol. The van der Waals surface area contributed by atoms with Gasteiger partial charge in [-0.3, -0.25) is 29.4 Å². The Kier molecular flexibility index (Phi) is 8.50. The van der Waals surface area contributed by atoms with Gasteiger partial charge in [-0.15, -0.1) is 0 Å². The van der Waals surface area contributed by atoms with Crippen molar-refractivity contribution < 1.29 is 38.2 Å². The number of piperidine rings is 1. The van der Waals surface area contributed by atoms with Gasteiger partial charge in [0.25, 0.3) is 11.8 Å². The third-order valence-corrected chi connectivity index (χ3v) is 5.21. The maximum Gasteiger partial charge on any atom is 0.333 e. The van der Waals surface area contributed by atoms with E-state index in [2.05, 4.69) is 17.2 Å². The molecular weight excluding hydrogens is 446 g/mol. The second-order valence-corrected chi connectivity index (χ2v) is 7.74. The average Bonchev–Trinajstić information content (AvgIpc) is 3.05. The Balaban J connectivity index is 1.43. The lowest BCUT2D eigenvalue weighted by Crippen LogP contribution is -2.54. The summed E-state index contributed by atoms with van der Waals surface area (Å²) in [6.07, 6.45) is 0.167. The summed E-state index contributed by atoms with van der Waals surface area (Å²) >= 11 is 0. The molecule has 1 unspecified atom stereocenters. The summed E-state index contributed by atoms with van der Waals surface area (Å²) in [4.78, 5) is 61.6. The number of amides is 4. The molecule has 1 aromatic rings. The van der Waals surface area contributed by atoms with E-state index in [0.29, 0.717) is 37.6 Å². The van der Waals surface area contributed by atoms with Crippen LogP contribution in [0.25, 0.3) is 0 Å². The van der Waals surface area contributed by atoms with Gasteiger partial charge in [0.15, 0.2) is 0 Å². The van der Waals surface area contributed by atoms with E-state index in [4.69, 9.17) is 14.2 Å². The highest BCUT2D eigenvalue weighted by molar-refractivity contribution is 6.25. The normalized spacial score (nSPS) is 17.4. The number of hydrogen-bond donors (Lipinski definition) is 2. The quantitative estimate of drug-likeness (QED) is 0.194. The lowest BCUT2D eigenvalue weighted by atomic mass is 10.0. The number of fused-ring (bicyclic) bond motifs is 1. The van der Waals surface area contributed by atoms with E-state index >= 15 is 0 Å². The van der Waals surface area contributed by atoms with Gasteiger partial charge in [-0.25, -0.2) is 4.79 Å². The summed E-state index contributed by atoms with van der Waals surface area (Å²) in [5.74, 6) is -2.65. The predicted octanol–water partition coefficient (Wildman–Crippen LogP) is 0.652. The zero-order chi connectivity index (χ0) is 24.7. The van der Waals surface area contributed by atoms with Gasteiger partial charge >= 0.3 is 5.97 Å². The van der Waals surface area contributed by atoms with Crippen LogP contribution in [0.3, 0.4) is 0 Å². The van der Waals surface area contributed by atoms with Crippen molar-refractivity contribution in [2.75, 3.05) is 44.9 Å². The molecule has 2 N–H and O–H groups in total. The number of nitrogens with one attached hydrogen (secondary N) is 2. The first-order chi connectivity index (χ1) is 16.3. The molecule has 0 aromatic heterocycles. The number of rotatable bonds is 12. The number of nitrogens with zero attached hydrogens (tertiary/aromatic N) is 1. The lowest BCUT2D eigenvalue weighted by Gasteiger charge is -2.27. The molecule has 0 radical (unpaired) electrons. The molecule has 3 rings (SSSR count). The Hall–Kier alpha value is -3.57. The minimum absolute atomic E-state index is 0.0651. The van der Waals surface area contributed by atoms with Crippen molar-refractivity contribution in [1.82, 2.24) is 10.2 Å². The molecular formula is C23H27N3O8. The fourth-order valence-corrected chi connectivity index (χ4v) is 3.56. The molecule has 2 aliphatic heterocycles. The maximum absolute atomic E-state index is 13.0. The SMILES string of the molecule is C=C(C)C(=O)OCCOCCOCCNc1cccc2c1C(=O)N(C1CCC(=O)NC1=O)C2=O. The van der Waals surface area contributed by atoms with Crippen LogP contribution >= 0.6 is 0 Å². The molecule has 1 aromatic carbocycles. The minimum atomic E-state index is -1.01. The molecule has 4 amide bonds. The first-order valence-corrected chi connectivity index (χ1v) is 10.9. The fourth-order valence-electron chi connectivity index (χ4n) is 3.56. The van der Waals surface area contributed by atoms with Crippen LogP contribution < -0.4 is 10.6 Å². The molecule has 11 nitrogen and oxygen atoms in total. The van der Waals surface area contributed by atoms with Gasteiger partial charge in [-0.2, -0.15) is 0 Å². The molecule has 34 heavy (non-hydrogen) atoms. The zero-order valence-corrected chi connectivity index (χ0v) is 18.9. The first-order valence-electron chi connectivity index (χ1n) is 10.9. The molecule has 1 fully saturated rings. The summed E-state index contributed by atoms with van der Waals surface area (Å²) in [5.41, 5.74) is 1.20. The van der Waals surface area contributed by atoms with Gasteiger partial charge in [-0.1, -0.05) is 12.6 Å². The van der Waals surface area contributed by atoms with E-state index in [-0.39, 0.29) is 37.2 Å². The molecule has 2 heterocycles. The zero-order valence-electron chi connectivity index (χ0n) is 18.9. The van der Waals surface area contributed by atoms with Crippen LogP contribution in [0.4, 0.5) is 5.69 Å². The Morgan fingerprint density at radius 1 is 1.09 bits per heavy atom. The Bertz CT molecular complexity index is 1010. The van der Waals surface area contributed by atoms with Crippen molar-refractivity contribution in [2.24, 2.45) is 0 Å². The van der Waals surface area contributed by atoms with E-state index in [1.165, 1.54) is 6.07 Å². The Morgan fingerprint density at radius 3 is 2.50 bits per heavy atom. The number of imide groups is 2.